The van der Waals surface area contributed by atoms with E-state index in [4.69, 9.17) is 23.2 Å². The average molecular weight is 346 g/mol. The number of carbonyl (C=O) groups excluding carboxylic acids is 1. The van der Waals surface area contributed by atoms with Crippen LogP contribution in [-0.4, -0.2) is 10.9 Å². The van der Waals surface area contributed by atoms with E-state index in [1.807, 2.05) is 0 Å². The number of halogens is 3. The molecule has 0 unspecified atom stereocenters. The lowest BCUT2D eigenvalue weighted by atomic mass is 10.2. The third kappa shape index (κ3) is 2.83. The van der Waals surface area contributed by atoms with Crippen LogP contribution in [0.1, 0.15) is 10.4 Å². The van der Waals surface area contributed by atoms with Gasteiger partial charge in [-0.1, -0.05) is 29.3 Å². The molecule has 0 spiro atoms. The number of hydrogen-bond donors (Lipinski definition) is 1. The fraction of sp³-hybridized carbons (Fsp3) is 0. The van der Waals surface area contributed by atoms with Gasteiger partial charge in [0.25, 0.3) is 5.91 Å². The largest absolute Gasteiger partial charge is 0.319 e. The third-order valence-electron chi connectivity index (χ3n) is 2.21. The van der Waals surface area contributed by atoms with E-state index in [0.717, 1.165) is 0 Å². The fourth-order valence-corrected chi connectivity index (χ4v) is 2.28. The standard InChI is InChI=1S/C12H7BrCl2N2O/c13-11-7(3-2-6-16-11)12(18)17-10-8(14)4-1-5-9(10)15/h1-6H,(H,17,18). The van der Waals surface area contributed by atoms with E-state index in [9.17, 15) is 4.79 Å². The molecule has 2 rings (SSSR count). The molecule has 0 atom stereocenters. The Kier molecular flexibility index (Phi) is 4.22. The van der Waals surface area contributed by atoms with Crippen LogP contribution < -0.4 is 5.32 Å². The molecule has 0 radical (unpaired) electrons. The molecule has 1 amide bonds. The van der Waals surface area contributed by atoms with Gasteiger partial charge in [-0.15, -0.1) is 0 Å². The van der Waals surface area contributed by atoms with Crippen molar-refractivity contribution < 1.29 is 4.79 Å². The SMILES string of the molecule is O=C(Nc1c(Cl)cccc1Cl)c1cccnc1Br. The molecule has 0 saturated carbocycles. The number of carbonyl (C=O) groups is 1. The number of aromatic nitrogens is 1. The Hall–Kier alpha value is -1.10. The van der Waals surface area contributed by atoms with Crippen LogP contribution in [0.25, 0.3) is 0 Å². The Morgan fingerprint density at radius 1 is 1.17 bits per heavy atom. The van der Waals surface area contributed by atoms with Crippen LogP contribution in [0.4, 0.5) is 5.69 Å². The van der Waals surface area contributed by atoms with Crippen LogP contribution in [0.2, 0.25) is 10.0 Å². The number of para-hydroxylation sites is 1. The molecule has 18 heavy (non-hydrogen) atoms. The van der Waals surface area contributed by atoms with Crippen molar-refractivity contribution in [1.82, 2.24) is 4.98 Å². The molecule has 1 aromatic carbocycles. The monoisotopic (exact) mass is 344 g/mol. The topological polar surface area (TPSA) is 42.0 Å². The van der Waals surface area contributed by atoms with Gasteiger partial charge in [0.05, 0.1) is 21.3 Å². The first-order valence-electron chi connectivity index (χ1n) is 4.95. The summed E-state index contributed by atoms with van der Waals surface area (Å²) in [5.74, 6) is -0.329. The summed E-state index contributed by atoms with van der Waals surface area (Å²) in [6, 6.07) is 8.34. The van der Waals surface area contributed by atoms with Gasteiger partial charge in [0.1, 0.15) is 4.60 Å². The summed E-state index contributed by atoms with van der Waals surface area (Å²) in [6.07, 6.45) is 1.59. The molecule has 6 heteroatoms. The first kappa shape index (κ1) is 13.3. The number of rotatable bonds is 2. The van der Waals surface area contributed by atoms with E-state index in [0.29, 0.717) is 25.9 Å². The second-order valence-electron chi connectivity index (χ2n) is 3.39. The summed E-state index contributed by atoms with van der Waals surface area (Å²) in [5, 5.41) is 3.43. The molecule has 0 aliphatic carbocycles. The molecule has 3 nitrogen and oxygen atoms in total. The number of amides is 1. The van der Waals surface area contributed by atoms with E-state index >= 15 is 0 Å². The molecular weight excluding hydrogens is 339 g/mol. The van der Waals surface area contributed by atoms with Gasteiger partial charge in [-0.3, -0.25) is 4.79 Å². The summed E-state index contributed by atoms with van der Waals surface area (Å²) in [6.45, 7) is 0. The minimum absolute atomic E-state index is 0.329. The molecule has 0 aliphatic heterocycles. The number of anilines is 1. The van der Waals surface area contributed by atoms with Crippen LogP contribution in [0.15, 0.2) is 41.1 Å². The first-order chi connectivity index (χ1) is 8.59. The molecule has 0 aliphatic rings. The van der Waals surface area contributed by atoms with Gasteiger partial charge in [0, 0.05) is 6.20 Å². The minimum Gasteiger partial charge on any atom is -0.319 e. The highest BCUT2D eigenvalue weighted by molar-refractivity contribution is 9.10. The zero-order valence-electron chi connectivity index (χ0n) is 8.95. The van der Waals surface area contributed by atoms with Crippen LogP contribution >= 0.6 is 39.1 Å². The second-order valence-corrected chi connectivity index (χ2v) is 4.96. The zero-order valence-corrected chi connectivity index (χ0v) is 12.1. The van der Waals surface area contributed by atoms with E-state index < -0.39 is 0 Å². The van der Waals surface area contributed by atoms with Crippen molar-refractivity contribution in [2.24, 2.45) is 0 Å². The highest BCUT2D eigenvalue weighted by atomic mass is 79.9. The Morgan fingerprint density at radius 2 is 1.83 bits per heavy atom. The van der Waals surface area contributed by atoms with Crippen LogP contribution in [-0.2, 0) is 0 Å². The summed E-state index contributed by atoms with van der Waals surface area (Å²) >= 11 is 15.2. The van der Waals surface area contributed by atoms with Gasteiger partial charge in [-0.05, 0) is 40.2 Å². The molecule has 2 aromatic rings. The van der Waals surface area contributed by atoms with Crippen molar-refractivity contribution in [3.63, 3.8) is 0 Å². The number of nitrogens with one attached hydrogen (secondary N) is 1. The van der Waals surface area contributed by atoms with Crippen LogP contribution in [0.3, 0.4) is 0 Å². The molecule has 1 aromatic heterocycles. The smallest absolute Gasteiger partial charge is 0.258 e. The van der Waals surface area contributed by atoms with Gasteiger partial charge < -0.3 is 5.32 Å². The highest BCUT2D eigenvalue weighted by Crippen LogP contribution is 2.30. The average Bonchev–Trinajstić information content (AvgIpc) is 2.34. The summed E-state index contributed by atoms with van der Waals surface area (Å²) in [7, 11) is 0. The molecule has 92 valence electrons. The lowest BCUT2D eigenvalue weighted by Crippen LogP contribution is -2.13. The van der Waals surface area contributed by atoms with E-state index in [1.54, 1.807) is 36.5 Å². The highest BCUT2D eigenvalue weighted by Gasteiger charge is 2.13. The molecule has 1 N–H and O–H groups in total. The van der Waals surface area contributed by atoms with Crippen LogP contribution in [0.5, 0.6) is 0 Å². The fourth-order valence-electron chi connectivity index (χ4n) is 1.35. The predicted molar refractivity (Wildman–Crippen MR) is 76.4 cm³/mol. The first-order valence-corrected chi connectivity index (χ1v) is 6.50. The van der Waals surface area contributed by atoms with Gasteiger partial charge in [-0.2, -0.15) is 0 Å². The maximum Gasteiger partial charge on any atom is 0.258 e. The molecular formula is C12H7BrCl2N2O. The summed E-state index contributed by atoms with van der Waals surface area (Å²) < 4.78 is 0.464. The van der Waals surface area contributed by atoms with E-state index in [-0.39, 0.29) is 5.91 Å². The Labute approximate surface area is 122 Å². The van der Waals surface area contributed by atoms with E-state index in [1.165, 1.54) is 0 Å². The Balaban J connectivity index is 2.30. The molecule has 1 heterocycles. The number of pyridine rings is 1. The maximum absolute atomic E-state index is 12.0. The van der Waals surface area contributed by atoms with Gasteiger partial charge in [0.15, 0.2) is 0 Å². The third-order valence-corrected chi connectivity index (χ3v) is 3.47. The molecule has 0 fully saturated rings. The van der Waals surface area contributed by atoms with Crippen molar-refractivity contribution >= 4 is 50.7 Å². The van der Waals surface area contributed by atoms with Crippen molar-refractivity contribution in [2.45, 2.75) is 0 Å². The van der Waals surface area contributed by atoms with Gasteiger partial charge >= 0.3 is 0 Å². The summed E-state index contributed by atoms with van der Waals surface area (Å²) in [4.78, 5) is 16.0. The minimum atomic E-state index is -0.329. The number of hydrogen-bond acceptors (Lipinski definition) is 2. The van der Waals surface area contributed by atoms with Gasteiger partial charge in [-0.25, -0.2) is 4.98 Å². The number of benzene rings is 1. The zero-order chi connectivity index (χ0) is 13.1. The van der Waals surface area contributed by atoms with Crippen molar-refractivity contribution in [3.8, 4) is 0 Å². The Bertz CT molecular complexity index is 584. The molecule has 0 saturated heterocycles. The van der Waals surface area contributed by atoms with E-state index in [2.05, 4.69) is 26.2 Å². The van der Waals surface area contributed by atoms with Gasteiger partial charge in [0.2, 0.25) is 0 Å². The Morgan fingerprint density at radius 3 is 2.44 bits per heavy atom. The van der Waals surface area contributed by atoms with Crippen LogP contribution in [0, 0.1) is 0 Å². The second kappa shape index (κ2) is 5.69. The quantitative estimate of drug-likeness (QED) is 0.819. The lowest BCUT2D eigenvalue weighted by molar-refractivity contribution is 0.102. The normalized spacial score (nSPS) is 10.2. The maximum atomic E-state index is 12.0. The predicted octanol–water partition coefficient (Wildman–Crippen LogP) is 4.40. The van der Waals surface area contributed by atoms with Crippen molar-refractivity contribution in [1.29, 1.82) is 0 Å². The lowest BCUT2D eigenvalue weighted by Gasteiger charge is -2.09. The number of nitrogens with zero attached hydrogens (tertiary/aromatic N) is 1. The summed E-state index contributed by atoms with van der Waals surface area (Å²) in [5.41, 5.74) is 0.801. The van der Waals surface area contributed by atoms with Crippen molar-refractivity contribution in [2.75, 3.05) is 5.32 Å². The molecule has 0 bridgehead atoms. The van der Waals surface area contributed by atoms with Crippen molar-refractivity contribution in [3.05, 3.63) is 56.7 Å².